The van der Waals surface area contributed by atoms with Gasteiger partial charge in [0.2, 0.25) is 0 Å². The molecule has 43 heavy (non-hydrogen) atoms. The Labute approximate surface area is 261 Å². The van der Waals surface area contributed by atoms with E-state index in [9.17, 15) is 4.79 Å². The molecule has 1 fully saturated rings. The first-order valence-corrected chi connectivity index (χ1v) is 16.0. The van der Waals surface area contributed by atoms with E-state index in [1.54, 1.807) is 0 Å². The Morgan fingerprint density at radius 3 is 2.53 bits per heavy atom. The summed E-state index contributed by atoms with van der Waals surface area (Å²) >= 11 is 6.79. The molecule has 3 aromatic carbocycles. The second-order valence-electron chi connectivity index (χ2n) is 12.6. The lowest BCUT2D eigenvalue weighted by Gasteiger charge is -2.21. The number of carbonyl (C=O) groups is 1. The van der Waals surface area contributed by atoms with Crippen LogP contribution < -0.4 is 25.3 Å². The first kappa shape index (κ1) is 31.4. The van der Waals surface area contributed by atoms with Crippen LogP contribution in [0.5, 0.6) is 17.2 Å². The van der Waals surface area contributed by atoms with Crippen LogP contribution in [0.2, 0.25) is 5.02 Å². The lowest BCUT2D eigenvalue weighted by Crippen LogP contribution is -2.33. The van der Waals surface area contributed by atoms with Crippen molar-refractivity contribution < 1.29 is 19.0 Å². The fourth-order valence-corrected chi connectivity index (χ4v) is 6.43. The molecule has 5 rings (SSSR count). The summed E-state index contributed by atoms with van der Waals surface area (Å²) in [5.74, 6) is 3.08. The molecule has 7 heteroatoms. The number of hydrogen-bond donors (Lipinski definition) is 2. The topological polar surface area (TPSA) is 82.8 Å². The standard InChI is InChI=1S/C36H45ClN2O4/c1-5-41-34-20-35(31(37)19-25(34)22-39-21-24-12-13-26(40)18-24)43-33-15-14-29-28(9-6-10-30(29)33)27-8-7-11-32(23(27)2)42-17-16-36(3,4)38/h6-11,19-20,24,33,39H,5,12-18,21-22,38H2,1-4H3/t24-,33+/m1/s1. The first-order valence-electron chi connectivity index (χ1n) is 15.6. The minimum Gasteiger partial charge on any atom is -0.493 e. The summed E-state index contributed by atoms with van der Waals surface area (Å²) in [5.41, 5.74) is 12.9. The summed E-state index contributed by atoms with van der Waals surface area (Å²) in [6.07, 6.45) is 4.82. The molecule has 2 atom stereocenters. The number of rotatable bonds is 13. The molecule has 0 bridgehead atoms. The van der Waals surface area contributed by atoms with E-state index < -0.39 is 0 Å². The van der Waals surface area contributed by atoms with Crippen molar-refractivity contribution in [3.8, 4) is 28.4 Å². The summed E-state index contributed by atoms with van der Waals surface area (Å²) in [7, 11) is 0. The van der Waals surface area contributed by atoms with E-state index in [0.29, 0.717) is 55.1 Å². The molecule has 0 saturated heterocycles. The van der Waals surface area contributed by atoms with Crippen molar-refractivity contribution in [1.82, 2.24) is 5.32 Å². The van der Waals surface area contributed by atoms with Crippen molar-refractivity contribution in [3.63, 3.8) is 0 Å². The van der Waals surface area contributed by atoms with Gasteiger partial charge in [-0.2, -0.15) is 0 Å². The zero-order chi connectivity index (χ0) is 30.6. The Morgan fingerprint density at radius 1 is 1.00 bits per heavy atom. The third-order valence-corrected chi connectivity index (χ3v) is 8.87. The van der Waals surface area contributed by atoms with Gasteiger partial charge in [-0.3, -0.25) is 4.79 Å². The van der Waals surface area contributed by atoms with Crippen LogP contribution in [0.15, 0.2) is 48.5 Å². The normalized spacial score (nSPS) is 18.1. The van der Waals surface area contributed by atoms with E-state index in [1.165, 1.54) is 22.3 Å². The monoisotopic (exact) mass is 604 g/mol. The van der Waals surface area contributed by atoms with Crippen molar-refractivity contribution in [2.75, 3.05) is 19.8 Å². The van der Waals surface area contributed by atoms with Gasteiger partial charge in [-0.05, 0) is 106 Å². The van der Waals surface area contributed by atoms with E-state index in [-0.39, 0.29) is 11.6 Å². The van der Waals surface area contributed by atoms with E-state index in [0.717, 1.165) is 54.9 Å². The lowest BCUT2D eigenvalue weighted by molar-refractivity contribution is -0.117. The van der Waals surface area contributed by atoms with E-state index in [2.05, 4.69) is 42.6 Å². The Morgan fingerprint density at radius 2 is 1.79 bits per heavy atom. The van der Waals surface area contributed by atoms with Crippen molar-refractivity contribution in [3.05, 3.63) is 75.8 Å². The summed E-state index contributed by atoms with van der Waals surface area (Å²) in [6, 6.07) is 16.6. The van der Waals surface area contributed by atoms with Gasteiger partial charge < -0.3 is 25.3 Å². The van der Waals surface area contributed by atoms with Gasteiger partial charge in [-0.25, -0.2) is 0 Å². The number of carbonyl (C=O) groups excluding carboxylic acids is 1. The van der Waals surface area contributed by atoms with Crippen LogP contribution in [0.25, 0.3) is 11.1 Å². The molecule has 2 aliphatic carbocycles. The van der Waals surface area contributed by atoms with Crippen molar-refractivity contribution in [2.24, 2.45) is 11.7 Å². The smallest absolute Gasteiger partial charge is 0.142 e. The number of hydrogen-bond acceptors (Lipinski definition) is 6. The minimum absolute atomic E-state index is 0.0997. The highest BCUT2D eigenvalue weighted by Crippen LogP contribution is 2.44. The molecule has 3 N–H and O–H groups in total. The van der Waals surface area contributed by atoms with Crippen LogP contribution in [-0.4, -0.2) is 31.1 Å². The third kappa shape index (κ3) is 7.72. The first-order chi connectivity index (χ1) is 20.6. The Bertz CT molecular complexity index is 1450. The molecule has 6 nitrogen and oxygen atoms in total. The Balaban J connectivity index is 1.32. The molecule has 0 radical (unpaired) electrons. The minimum atomic E-state index is -0.262. The number of nitrogens with one attached hydrogen (secondary N) is 1. The van der Waals surface area contributed by atoms with Gasteiger partial charge in [0.05, 0.1) is 18.2 Å². The predicted octanol–water partition coefficient (Wildman–Crippen LogP) is 7.75. The number of Topliss-reactive ketones (excluding diaryl/α,β-unsaturated/α-hetero) is 1. The summed E-state index contributed by atoms with van der Waals surface area (Å²) < 4.78 is 18.8. The molecule has 0 amide bonds. The maximum Gasteiger partial charge on any atom is 0.142 e. The molecule has 230 valence electrons. The average Bonchev–Trinajstić information content (AvgIpc) is 3.57. The van der Waals surface area contributed by atoms with Crippen molar-refractivity contribution in [2.45, 2.75) is 84.4 Å². The van der Waals surface area contributed by atoms with Gasteiger partial charge in [0.25, 0.3) is 0 Å². The molecule has 0 unspecified atom stereocenters. The number of ether oxygens (including phenoxy) is 3. The van der Waals surface area contributed by atoms with Crippen LogP contribution in [0, 0.1) is 12.8 Å². The fraction of sp³-hybridized carbons (Fsp3) is 0.472. The highest BCUT2D eigenvalue weighted by Gasteiger charge is 2.28. The number of nitrogens with two attached hydrogens (primary N) is 1. The van der Waals surface area contributed by atoms with Crippen molar-refractivity contribution in [1.29, 1.82) is 0 Å². The highest BCUT2D eigenvalue weighted by atomic mass is 35.5. The van der Waals surface area contributed by atoms with Gasteiger partial charge >= 0.3 is 0 Å². The number of benzene rings is 3. The molecular weight excluding hydrogens is 560 g/mol. The molecular formula is C36H45ClN2O4. The maximum absolute atomic E-state index is 11.6. The van der Waals surface area contributed by atoms with Gasteiger partial charge in [0, 0.05) is 36.6 Å². The van der Waals surface area contributed by atoms with Gasteiger partial charge in [-0.15, -0.1) is 0 Å². The fourth-order valence-electron chi connectivity index (χ4n) is 6.20. The molecule has 3 aromatic rings. The Kier molecular flexibility index (Phi) is 10.0. The predicted molar refractivity (Wildman–Crippen MR) is 173 cm³/mol. The quantitative estimate of drug-likeness (QED) is 0.208. The van der Waals surface area contributed by atoms with Crippen LogP contribution in [0.1, 0.15) is 81.2 Å². The molecule has 1 saturated carbocycles. The van der Waals surface area contributed by atoms with E-state index >= 15 is 0 Å². The zero-order valence-corrected chi connectivity index (χ0v) is 26.7. The summed E-state index contributed by atoms with van der Waals surface area (Å²) in [5, 5.41) is 4.07. The van der Waals surface area contributed by atoms with Gasteiger partial charge in [-0.1, -0.05) is 41.9 Å². The summed E-state index contributed by atoms with van der Waals surface area (Å²) in [4.78, 5) is 11.6. The highest BCUT2D eigenvalue weighted by molar-refractivity contribution is 6.32. The van der Waals surface area contributed by atoms with Gasteiger partial charge in [0.15, 0.2) is 0 Å². The largest absolute Gasteiger partial charge is 0.493 e. The van der Waals surface area contributed by atoms with Gasteiger partial charge in [0.1, 0.15) is 29.1 Å². The molecule has 0 spiro atoms. The van der Waals surface area contributed by atoms with Crippen LogP contribution >= 0.6 is 11.6 Å². The van der Waals surface area contributed by atoms with E-state index in [1.807, 2.05) is 39.0 Å². The van der Waals surface area contributed by atoms with Crippen LogP contribution in [0.3, 0.4) is 0 Å². The van der Waals surface area contributed by atoms with Crippen LogP contribution in [-0.2, 0) is 17.8 Å². The van der Waals surface area contributed by atoms with Crippen LogP contribution in [0.4, 0.5) is 0 Å². The van der Waals surface area contributed by atoms with E-state index in [4.69, 9.17) is 31.5 Å². The molecule has 0 aromatic heterocycles. The molecule has 0 aliphatic heterocycles. The number of ketones is 1. The zero-order valence-electron chi connectivity index (χ0n) is 25.9. The Hall–Kier alpha value is -3.06. The number of fused-ring (bicyclic) bond motifs is 1. The van der Waals surface area contributed by atoms with Crippen molar-refractivity contribution >= 4 is 17.4 Å². The average molecular weight is 605 g/mol. The maximum atomic E-state index is 11.6. The lowest BCUT2D eigenvalue weighted by atomic mass is 9.93. The second kappa shape index (κ2) is 13.7. The molecule has 2 aliphatic rings. The SMILES string of the molecule is CCOc1cc(O[C@H]2CCc3c(-c4cccc(OCCC(C)(C)N)c4C)cccc32)c(Cl)cc1CNC[C@@H]1CCC(=O)C1. The second-order valence-corrected chi connectivity index (χ2v) is 13.0. The molecule has 0 heterocycles. The summed E-state index contributed by atoms with van der Waals surface area (Å²) in [6.45, 7) is 10.7. The third-order valence-electron chi connectivity index (χ3n) is 8.57. The number of halogens is 1.